The number of urea groups is 1. The monoisotopic (exact) mass is 301 g/mol. The molecule has 22 heavy (non-hydrogen) atoms. The van der Waals surface area contributed by atoms with E-state index in [1.165, 1.54) is 0 Å². The summed E-state index contributed by atoms with van der Waals surface area (Å²) in [6.45, 7) is 6.08. The summed E-state index contributed by atoms with van der Waals surface area (Å²) in [6, 6.07) is 5.82. The molecule has 0 aromatic carbocycles. The SMILES string of the molecule is Cc1cc(C)n(CCCNC(=O)NCCc2cccnc2)n1. The quantitative estimate of drug-likeness (QED) is 0.766. The number of carbonyl (C=O) groups is 1. The Bertz CT molecular complexity index is 594. The Morgan fingerprint density at radius 2 is 2.09 bits per heavy atom. The van der Waals surface area contributed by atoms with Crippen molar-refractivity contribution in [1.29, 1.82) is 0 Å². The molecule has 2 amide bonds. The molecular weight excluding hydrogens is 278 g/mol. The van der Waals surface area contributed by atoms with Crippen molar-refractivity contribution in [3.63, 3.8) is 0 Å². The molecule has 0 bridgehead atoms. The second kappa shape index (κ2) is 8.17. The standard InChI is InChI=1S/C16H23N5O/c1-13-11-14(2)21(20-13)10-4-8-18-16(22)19-9-6-15-5-3-7-17-12-15/h3,5,7,11-12H,4,6,8-10H2,1-2H3,(H2,18,19,22). The zero-order chi connectivity index (χ0) is 15.8. The van der Waals surface area contributed by atoms with Crippen molar-refractivity contribution in [2.24, 2.45) is 0 Å². The third kappa shape index (κ3) is 5.20. The molecule has 6 nitrogen and oxygen atoms in total. The normalized spacial score (nSPS) is 10.5. The van der Waals surface area contributed by atoms with Gasteiger partial charge < -0.3 is 10.6 Å². The van der Waals surface area contributed by atoms with E-state index < -0.39 is 0 Å². The molecule has 0 fully saturated rings. The summed E-state index contributed by atoms with van der Waals surface area (Å²) in [4.78, 5) is 15.7. The van der Waals surface area contributed by atoms with Crippen molar-refractivity contribution < 1.29 is 4.79 Å². The number of carbonyl (C=O) groups excluding carboxylic acids is 1. The van der Waals surface area contributed by atoms with E-state index in [0.717, 1.165) is 36.3 Å². The Hall–Kier alpha value is -2.37. The van der Waals surface area contributed by atoms with E-state index in [-0.39, 0.29) is 6.03 Å². The van der Waals surface area contributed by atoms with E-state index in [4.69, 9.17) is 0 Å². The van der Waals surface area contributed by atoms with Crippen LogP contribution in [-0.4, -0.2) is 33.9 Å². The molecule has 2 heterocycles. The number of hydrogen-bond acceptors (Lipinski definition) is 3. The molecule has 0 unspecified atom stereocenters. The zero-order valence-electron chi connectivity index (χ0n) is 13.2. The fraction of sp³-hybridized carbons (Fsp3) is 0.438. The highest BCUT2D eigenvalue weighted by Crippen LogP contribution is 2.02. The average Bonchev–Trinajstić information content (AvgIpc) is 2.83. The largest absolute Gasteiger partial charge is 0.338 e. The maximum absolute atomic E-state index is 11.7. The molecule has 0 saturated heterocycles. The number of pyridine rings is 1. The first-order chi connectivity index (χ1) is 10.6. The van der Waals surface area contributed by atoms with E-state index in [1.807, 2.05) is 36.9 Å². The molecule has 0 aliphatic carbocycles. The van der Waals surface area contributed by atoms with Gasteiger partial charge in [-0.1, -0.05) is 6.07 Å². The summed E-state index contributed by atoms with van der Waals surface area (Å²) < 4.78 is 1.97. The van der Waals surface area contributed by atoms with Gasteiger partial charge in [0.15, 0.2) is 0 Å². The van der Waals surface area contributed by atoms with Gasteiger partial charge in [-0.3, -0.25) is 9.67 Å². The van der Waals surface area contributed by atoms with Crippen LogP contribution in [0.5, 0.6) is 0 Å². The van der Waals surface area contributed by atoms with Gasteiger partial charge in [0, 0.05) is 37.7 Å². The molecule has 2 N–H and O–H groups in total. The number of hydrogen-bond donors (Lipinski definition) is 2. The van der Waals surface area contributed by atoms with Gasteiger partial charge in [0.25, 0.3) is 0 Å². The molecule has 2 aromatic heterocycles. The molecule has 2 rings (SSSR count). The number of nitrogens with zero attached hydrogens (tertiary/aromatic N) is 3. The Morgan fingerprint density at radius 1 is 1.27 bits per heavy atom. The lowest BCUT2D eigenvalue weighted by atomic mass is 10.2. The van der Waals surface area contributed by atoms with Crippen LogP contribution in [0.25, 0.3) is 0 Å². The maximum atomic E-state index is 11.7. The minimum Gasteiger partial charge on any atom is -0.338 e. The molecule has 6 heteroatoms. The predicted octanol–water partition coefficient (Wildman–Crippen LogP) is 1.83. The molecule has 0 atom stereocenters. The van der Waals surface area contributed by atoms with Crippen molar-refractivity contribution in [3.05, 3.63) is 47.5 Å². The number of aryl methyl sites for hydroxylation is 3. The van der Waals surface area contributed by atoms with Gasteiger partial charge in [-0.25, -0.2) is 4.79 Å². The van der Waals surface area contributed by atoms with Gasteiger partial charge in [0.05, 0.1) is 5.69 Å². The Kier molecular flexibility index (Phi) is 5.94. The number of nitrogens with one attached hydrogen (secondary N) is 2. The van der Waals surface area contributed by atoms with Crippen LogP contribution in [0.2, 0.25) is 0 Å². The van der Waals surface area contributed by atoms with Crippen LogP contribution in [0, 0.1) is 13.8 Å². The van der Waals surface area contributed by atoms with E-state index in [0.29, 0.717) is 13.1 Å². The highest BCUT2D eigenvalue weighted by molar-refractivity contribution is 5.73. The summed E-state index contributed by atoms with van der Waals surface area (Å²) >= 11 is 0. The van der Waals surface area contributed by atoms with Gasteiger partial charge in [0.1, 0.15) is 0 Å². The van der Waals surface area contributed by atoms with Crippen LogP contribution >= 0.6 is 0 Å². The van der Waals surface area contributed by atoms with Crippen molar-refractivity contribution in [2.45, 2.75) is 33.2 Å². The Labute approximate surface area is 130 Å². The van der Waals surface area contributed by atoms with E-state index in [2.05, 4.69) is 26.8 Å². The highest BCUT2D eigenvalue weighted by Gasteiger charge is 2.02. The molecule has 0 radical (unpaired) electrons. The van der Waals surface area contributed by atoms with Crippen molar-refractivity contribution in [2.75, 3.05) is 13.1 Å². The van der Waals surface area contributed by atoms with Gasteiger partial charge in [-0.15, -0.1) is 0 Å². The summed E-state index contributed by atoms with van der Waals surface area (Å²) in [5.74, 6) is 0. The van der Waals surface area contributed by atoms with Gasteiger partial charge >= 0.3 is 6.03 Å². The zero-order valence-corrected chi connectivity index (χ0v) is 13.2. The third-order valence-corrected chi connectivity index (χ3v) is 3.36. The van der Waals surface area contributed by atoms with Crippen LogP contribution in [0.1, 0.15) is 23.4 Å². The van der Waals surface area contributed by atoms with E-state index in [9.17, 15) is 4.79 Å². The summed E-state index contributed by atoms with van der Waals surface area (Å²) in [6.07, 6.45) is 5.20. The molecule has 0 aliphatic rings. The Morgan fingerprint density at radius 3 is 2.77 bits per heavy atom. The third-order valence-electron chi connectivity index (χ3n) is 3.36. The van der Waals surface area contributed by atoms with Crippen LogP contribution in [0.3, 0.4) is 0 Å². The van der Waals surface area contributed by atoms with Crippen LogP contribution < -0.4 is 10.6 Å². The molecule has 0 aliphatic heterocycles. The first-order valence-corrected chi connectivity index (χ1v) is 7.57. The summed E-state index contributed by atoms with van der Waals surface area (Å²) in [7, 11) is 0. The Balaban J connectivity index is 1.57. The fourth-order valence-electron chi connectivity index (χ4n) is 2.26. The summed E-state index contributed by atoms with van der Waals surface area (Å²) in [5.41, 5.74) is 3.30. The lowest BCUT2D eigenvalue weighted by Gasteiger charge is -2.08. The van der Waals surface area contributed by atoms with Crippen LogP contribution in [-0.2, 0) is 13.0 Å². The van der Waals surface area contributed by atoms with Crippen LogP contribution in [0.4, 0.5) is 4.79 Å². The summed E-state index contributed by atoms with van der Waals surface area (Å²) in [5, 5.41) is 10.1. The van der Waals surface area contributed by atoms with Crippen LogP contribution in [0.15, 0.2) is 30.6 Å². The second-order valence-corrected chi connectivity index (χ2v) is 5.30. The minimum absolute atomic E-state index is 0.128. The first kappa shape index (κ1) is 16.0. The maximum Gasteiger partial charge on any atom is 0.314 e. The second-order valence-electron chi connectivity index (χ2n) is 5.30. The number of aromatic nitrogens is 3. The predicted molar refractivity (Wildman–Crippen MR) is 85.7 cm³/mol. The van der Waals surface area contributed by atoms with E-state index >= 15 is 0 Å². The first-order valence-electron chi connectivity index (χ1n) is 7.57. The average molecular weight is 301 g/mol. The lowest BCUT2D eigenvalue weighted by Crippen LogP contribution is -2.37. The molecule has 0 spiro atoms. The van der Waals surface area contributed by atoms with E-state index in [1.54, 1.807) is 6.20 Å². The number of rotatable bonds is 7. The fourth-order valence-corrected chi connectivity index (χ4v) is 2.26. The molecule has 118 valence electrons. The smallest absolute Gasteiger partial charge is 0.314 e. The minimum atomic E-state index is -0.128. The topological polar surface area (TPSA) is 71.8 Å². The highest BCUT2D eigenvalue weighted by atomic mass is 16.2. The van der Waals surface area contributed by atoms with Gasteiger partial charge in [-0.05, 0) is 44.4 Å². The van der Waals surface area contributed by atoms with Crippen molar-refractivity contribution in [1.82, 2.24) is 25.4 Å². The van der Waals surface area contributed by atoms with Gasteiger partial charge in [-0.2, -0.15) is 5.10 Å². The van der Waals surface area contributed by atoms with Crippen molar-refractivity contribution in [3.8, 4) is 0 Å². The molecule has 0 saturated carbocycles. The number of amides is 2. The molecular formula is C16H23N5O. The van der Waals surface area contributed by atoms with Crippen molar-refractivity contribution >= 4 is 6.03 Å². The molecule has 2 aromatic rings. The van der Waals surface area contributed by atoms with Gasteiger partial charge in [0.2, 0.25) is 0 Å². The lowest BCUT2D eigenvalue weighted by molar-refractivity contribution is 0.240.